The Morgan fingerprint density at radius 1 is 1.62 bits per heavy atom. The molecule has 0 saturated carbocycles. The second-order valence-electron chi connectivity index (χ2n) is 4.10. The second kappa shape index (κ2) is 7.26. The summed E-state index contributed by atoms with van der Waals surface area (Å²) in [4.78, 5) is 17.7. The van der Waals surface area contributed by atoms with Crippen LogP contribution in [0.4, 0.5) is 9.93 Å². The largest absolute Gasteiger partial charge is 0.465 e. The molecule has 0 bridgehead atoms. The van der Waals surface area contributed by atoms with Crippen LogP contribution in [0.15, 0.2) is 23.1 Å². The molecule has 0 saturated heterocycles. The molecule has 0 aliphatic heterocycles. The fourth-order valence-corrected chi connectivity index (χ4v) is 3.28. The lowest BCUT2D eigenvalue weighted by molar-refractivity contribution is 0.189. The molecule has 0 radical (unpaired) electrons. The molecule has 0 unspecified atom stereocenters. The molecular weight excluding hydrogens is 310 g/mol. The van der Waals surface area contributed by atoms with E-state index in [1.165, 1.54) is 16.2 Å². The normalized spacial score (nSPS) is 10.5. The van der Waals surface area contributed by atoms with Gasteiger partial charge in [0.15, 0.2) is 5.13 Å². The number of nitrogens with zero attached hydrogens (tertiary/aromatic N) is 3. The van der Waals surface area contributed by atoms with Crippen LogP contribution in [0.2, 0.25) is 0 Å². The maximum absolute atomic E-state index is 11.3. The van der Waals surface area contributed by atoms with Crippen LogP contribution in [0.1, 0.15) is 6.42 Å². The van der Waals surface area contributed by atoms with Gasteiger partial charge in [0.1, 0.15) is 5.40 Å². The molecule has 0 aliphatic rings. The van der Waals surface area contributed by atoms with Gasteiger partial charge in [-0.15, -0.1) is 0 Å². The molecule has 1 aromatic carbocycles. The van der Waals surface area contributed by atoms with Gasteiger partial charge < -0.3 is 9.84 Å². The van der Waals surface area contributed by atoms with Crippen molar-refractivity contribution in [2.45, 2.75) is 11.3 Å². The number of aromatic nitrogens is 1. The molecule has 2 rings (SSSR count). The second-order valence-corrected chi connectivity index (χ2v) is 5.97. The zero-order chi connectivity index (χ0) is 15.2. The van der Waals surface area contributed by atoms with Crippen LogP contribution in [-0.4, -0.2) is 36.4 Å². The molecule has 0 aliphatic carbocycles. The summed E-state index contributed by atoms with van der Waals surface area (Å²) in [6, 6.07) is 5.44. The molecular formula is C13H13N3O3S2. The number of hydrogen-bond acceptors (Lipinski definition) is 6. The number of thiazole rings is 1. The quantitative estimate of drug-likeness (QED) is 0.498. The van der Waals surface area contributed by atoms with Gasteiger partial charge in [0.05, 0.1) is 10.2 Å². The van der Waals surface area contributed by atoms with Gasteiger partial charge in [-0.25, -0.2) is 9.78 Å². The lowest BCUT2D eigenvalue weighted by atomic mass is 10.3. The highest BCUT2D eigenvalue weighted by molar-refractivity contribution is 8.03. The first-order valence-electron chi connectivity index (χ1n) is 6.11. The van der Waals surface area contributed by atoms with Crippen LogP contribution >= 0.6 is 23.1 Å². The Labute approximate surface area is 130 Å². The number of anilines is 1. The van der Waals surface area contributed by atoms with E-state index >= 15 is 0 Å². The summed E-state index contributed by atoms with van der Waals surface area (Å²) in [5, 5.41) is 20.4. The van der Waals surface area contributed by atoms with E-state index < -0.39 is 6.09 Å². The highest BCUT2D eigenvalue weighted by Gasteiger charge is 2.18. The number of amides is 1. The first kappa shape index (κ1) is 15.6. The summed E-state index contributed by atoms with van der Waals surface area (Å²) in [6.45, 7) is 0.834. The van der Waals surface area contributed by atoms with E-state index in [1.54, 1.807) is 19.2 Å². The summed E-state index contributed by atoms with van der Waals surface area (Å²) in [7, 11) is 1.58. The third kappa shape index (κ3) is 3.85. The molecule has 0 atom stereocenters. The number of hydrogen-bond donors (Lipinski definition) is 1. The first-order chi connectivity index (χ1) is 10.2. The number of carbonyl (C=O) groups is 1. The Balaban J connectivity index is 2.26. The van der Waals surface area contributed by atoms with E-state index in [0.29, 0.717) is 24.7 Å². The Bertz CT molecular complexity index is 681. The van der Waals surface area contributed by atoms with Crippen molar-refractivity contribution in [2.75, 3.05) is 25.2 Å². The lowest BCUT2D eigenvalue weighted by Crippen LogP contribution is -2.30. The number of fused-ring (bicyclic) bond motifs is 1. The zero-order valence-electron chi connectivity index (χ0n) is 11.3. The first-order valence-corrected chi connectivity index (χ1v) is 7.75. The summed E-state index contributed by atoms with van der Waals surface area (Å²) in [6.07, 6.45) is -0.425. The number of rotatable bonds is 6. The van der Waals surface area contributed by atoms with E-state index in [-0.39, 0.29) is 0 Å². The number of ether oxygens (including phenoxy) is 1. The summed E-state index contributed by atoms with van der Waals surface area (Å²) >= 11 is 2.37. The molecule has 1 N–H and O–H groups in total. The van der Waals surface area contributed by atoms with Gasteiger partial charge in [0, 0.05) is 25.2 Å². The topological polar surface area (TPSA) is 86.4 Å². The Morgan fingerprint density at radius 2 is 2.43 bits per heavy atom. The summed E-state index contributed by atoms with van der Waals surface area (Å²) in [5.74, 6) is 0. The number of benzene rings is 1. The molecule has 21 heavy (non-hydrogen) atoms. The number of thiocyanates is 1. The van der Waals surface area contributed by atoms with E-state index in [0.717, 1.165) is 26.9 Å². The third-order valence-corrected chi connectivity index (χ3v) is 4.33. The molecule has 8 heteroatoms. The van der Waals surface area contributed by atoms with Gasteiger partial charge in [-0.05, 0) is 36.4 Å². The van der Waals surface area contributed by atoms with Crippen LogP contribution in [-0.2, 0) is 4.74 Å². The van der Waals surface area contributed by atoms with Gasteiger partial charge in [0.25, 0.3) is 0 Å². The zero-order valence-corrected chi connectivity index (χ0v) is 12.9. The van der Waals surface area contributed by atoms with Crippen molar-refractivity contribution in [2.24, 2.45) is 0 Å². The SMILES string of the molecule is COCCCN(C(=O)O)c1nc2ccc(SC#N)cc2s1. The minimum absolute atomic E-state index is 0.336. The van der Waals surface area contributed by atoms with E-state index in [9.17, 15) is 9.90 Å². The van der Waals surface area contributed by atoms with E-state index in [4.69, 9.17) is 10.00 Å². The maximum Gasteiger partial charge on any atom is 0.413 e. The lowest BCUT2D eigenvalue weighted by Gasteiger charge is -2.15. The molecule has 6 nitrogen and oxygen atoms in total. The minimum Gasteiger partial charge on any atom is -0.465 e. The van der Waals surface area contributed by atoms with Crippen LogP contribution in [0.25, 0.3) is 10.2 Å². The van der Waals surface area contributed by atoms with Gasteiger partial charge in [-0.3, -0.25) is 4.90 Å². The van der Waals surface area contributed by atoms with Crippen molar-refractivity contribution in [3.8, 4) is 5.40 Å². The van der Waals surface area contributed by atoms with Gasteiger partial charge >= 0.3 is 6.09 Å². The van der Waals surface area contributed by atoms with E-state index in [2.05, 4.69) is 4.98 Å². The molecule has 1 amide bonds. The smallest absolute Gasteiger partial charge is 0.413 e. The number of carboxylic acid groups (broad SMARTS) is 1. The van der Waals surface area contributed by atoms with Crippen molar-refractivity contribution in [1.82, 2.24) is 4.98 Å². The van der Waals surface area contributed by atoms with Crippen molar-refractivity contribution >= 4 is 44.5 Å². The van der Waals surface area contributed by atoms with Crippen molar-refractivity contribution in [3.63, 3.8) is 0 Å². The molecule has 0 fully saturated rings. The Morgan fingerprint density at radius 3 is 3.10 bits per heavy atom. The van der Waals surface area contributed by atoms with Gasteiger partial charge in [0.2, 0.25) is 0 Å². The molecule has 1 heterocycles. The average molecular weight is 323 g/mol. The Kier molecular flexibility index (Phi) is 5.38. The average Bonchev–Trinajstić information content (AvgIpc) is 2.86. The number of nitriles is 1. The minimum atomic E-state index is -1.03. The maximum atomic E-state index is 11.3. The van der Waals surface area contributed by atoms with Crippen LogP contribution in [0.3, 0.4) is 0 Å². The predicted molar refractivity (Wildman–Crippen MR) is 83.0 cm³/mol. The predicted octanol–water partition coefficient (Wildman–Crippen LogP) is 3.39. The molecule has 0 spiro atoms. The third-order valence-electron chi connectivity index (χ3n) is 2.70. The fraction of sp³-hybridized carbons (Fsp3) is 0.308. The van der Waals surface area contributed by atoms with Gasteiger partial charge in [-0.2, -0.15) is 5.26 Å². The van der Waals surface area contributed by atoms with Crippen molar-refractivity contribution < 1.29 is 14.6 Å². The molecule has 2 aromatic rings. The number of thioether (sulfide) groups is 1. The van der Waals surface area contributed by atoms with Crippen molar-refractivity contribution in [1.29, 1.82) is 5.26 Å². The van der Waals surface area contributed by atoms with E-state index in [1.807, 2.05) is 11.5 Å². The summed E-state index contributed by atoms with van der Waals surface area (Å²) < 4.78 is 5.80. The monoisotopic (exact) mass is 323 g/mol. The van der Waals surface area contributed by atoms with Crippen molar-refractivity contribution in [3.05, 3.63) is 18.2 Å². The highest BCUT2D eigenvalue weighted by atomic mass is 32.2. The molecule has 110 valence electrons. The van der Waals surface area contributed by atoms with Crippen LogP contribution < -0.4 is 4.90 Å². The standard InChI is InChI=1S/C13H13N3O3S2/c1-19-6-2-5-16(13(17)18)12-15-10-4-3-9(20-8-14)7-11(10)21-12/h3-4,7H,2,5-6H2,1H3,(H,17,18). The van der Waals surface area contributed by atoms with Crippen LogP contribution in [0.5, 0.6) is 0 Å². The molecule has 1 aromatic heterocycles. The fourth-order valence-electron chi connectivity index (χ4n) is 1.76. The number of methoxy groups -OCH3 is 1. The Hall–Kier alpha value is -1.82. The van der Waals surface area contributed by atoms with Gasteiger partial charge in [-0.1, -0.05) is 11.3 Å². The summed E-state index contributed by atoms with van der Waals surface area (Å²) in [5.41, 5.74) is 0.732. The van der Waals surface area contributed by atoms with Crippen LogP contribution in [0, 0.1) is 10.7 Å². The highest BCUT2D eigenvalue weighted by Crippen LogP contribution is 2.32.